The predicted octanol–water partition coefficient (Wildman–Crippen LogP) is 2.79. The molecule has 2 heterocycles. The van der Waals surface area contributed by atoms with E-state index in [0.29, 0.717) is 10.9 Å². The van der Waals surface area contributed by atoms with Crippen molar-refractivity contribution in [1.82, 2.24) is 9.78 Å². The maximum atomic E-state index is 12.0. The van der Waals surface area contributed by atoms with E-state index in [9.17, 15) is 4.79 Å². The van der Waals surface area contributed by atoms with E-state index in [0.717, 1.165) is 6.54 Å². The summed E-state index contributed by atoms with van der Waals surface area (Å²) in [7, 11) is 0. The number of anilines is 1. The molecule has 2 rings (SSSR count). The lowest BCUT2D eigenvalue weighted by Gasteiger charge is -2.14. The zero-order chi connectivity index (χ0) is 13.1. The van der Waals surface area contributed by atoms with E-state index < -0.39 is 0 Å². The first-order valence-electron chi connectivity index (χ1n) is 6.22. The highest BCUT2D eigenvalue weighted by Gasteiger charge is 2.17. The number of nitrogens with one attached hydrogen (secondary N) is 1. The Kier molecular flexibility index (Phi) is 4.56. The van der Waals surface area contributed by atoms with E-state index in [4.69, 9.17) is 11.6 Å². The second kappa shape index (κ2) is 5.97. The molecule has 1 unspecified atom stereocenters. The minimum absolute atomic E-state index is 0.0226. The van der Waals surface area contributed by atoms with Crippen LogP contribution in [0.2, 0.25) is 5.02 Å². The van der Waals surface area contributed by atoms with Crippen molar-refractivity contribution in [2.45, 2.75) is 38.0 Å². The SMILES string of the molecule is CC(C)n1ncc(NCC2CCCS2)c(Cl)c1=O. The van der Waals surface area contributed by atoms with Crippen molar-refractivity contribution in [2.75, 3.05) is 17.6 Å². The number of aromatic nitrogens is 2. The molecule has 0 amide bonds. The first-order chi connectivity index (χ1) is 8.59. The van der Waals surface area contributed by atoms with Gasteiger partial charge in [0.25, 0.3) is 5.56 Å². The van der Waals surface area contributed by atoms with E-state index in [-0.39, 0.29) is 16.6 Å². The van der Waals surface area contributed by atoms with Crippen molar-refractivity contribution in [3.05, 3.63) is 21.6 Å². The molecule has 1 aromatic heterocycles. The van der Waals surface area contributed by atoms with Gasteiger partial charge in [0.05, 0.1) is 17.9 Å². The normalized spacial score (nSPS) is 19.4. The summed E-state index contributed by atoms with van der Waals surface area (Å²) in [6.45, 7) is 4.66. The Labute approximate surface area is 116 Å². The molecule has 0 aromatic carbocycles. The van der Waals surface area contributed by atoms with Crippen LogP contribution >= 0.6 is 23.4 Å². The molecule has 1 N–H and O–H groups in total. The fraction of sp³-hybridized carbons (Fsp3) is 0.667. The van der Waals surface area contributed by atoms with Crippen molar-refractivity contribution in [3.63, 3.8) is 0 Å². The van der Waals surface area contributed by atoms with Crippen molar-refractivity contribution >= 4 is 29.1 Å². The van der Waals surface area contributed by atoms with Gasteiger partial charge in [-0.05, 0) is 32.4 Å². The maximum absolute atomic E-state index is 12.0. The lowest BCUT2D eigenvalue weighted by Crippen LogP contribution is -2.26. The molecule has 1 saturated heterocycles. The summed E-state index contributed by atoms with van der Waals surface area (Å²) in [5.41, 5.74) is 0.418. The molecule has 1 aromatic rings. The van der Waals surface area contributed by atoms with Gasteiger partial charge in [0.15, 0.2) is 0 Å². The van der Waals surface area contributed by atoms with Crippen LogP contribution in [0.15, 0.2) is 11.0 Å². The monoisotopic (exact) mass is 287 g/mol. The molecule has 18 heavy (non-hydrogen) atoms. The summed E-state index contributed by atoms with van der Waals surface area (Å²) in [5, 5.41) is 8.22. The van der Waals surface area contributed by atoms with Crippen molar-refractivity contribution in [1.29, 1.82) is 0 Å². The number of thioether (sulfide) groups is 1. The number of nitrogens with zero attached hydrogens (tertiary/aromatic N) is 2. The van der Waals surface area contributed by atoms with Crippen LogP contribution in [0.3, 0.4) is 0 Å². The van der Waals surface area contributed by atoms with Crippen LogP contribution in [0.1, 0.15) is 32.7 Å². The molecule has 0 bridgehead atoms. The van der Waals surface area contributed by atoms with Crippen LogP contribution in [0.5, 0.6) is 0 Å². The molecule has 0 spiro atoms. The molecular weight excluding hydrogens is 270 g/mol. The minimum atomic E-state index is -0.226. The first kappa shape index (κ1) is 13.7. The summed E-state index contributed by atoms with van der Waals surface area (Å²) < 4.78 is 1.40. The van der Waals surface area contributed by atoms with E-state index in [1.165, 1.54) is 23.3 Å². The Balaban J connectivity index is 2.09. The zero-order valence-electron chi connectivity index (χ0n) is 10.6. The third-order valence-electron chi connectivity index (χ3n) is 2.98. The fourth-order valence-electron chi connectivity index (χ4n) is 1.97. The highest BCUT2D eigenvalue weighted by molar-refractivity contribution is 8.00. The maximum Gasteiger partial charge on any atom is 0.287 e. The van der Waals surface area contributed by atoms with Crippen LogP contribution in [0.25, 0.3) is 0 Å². The molecule has 1 aliphatic rings. The van der Waals surface area contributed by atoms with Crippen molar-refractivity contribution < 1.29 is 0 Å². The van der Waals surface area contributed by atoms with Gasteiger partial charge in [-0.2, -0.15) is 16.9 Å². The molecular formula is C12H18ClN3OS. The van der Waals surface area contributed by atoms with Crippen LogP contribution in [-0.4, -0.2) is 27.3 Å². The van der Waals surface area contributed by atoms with E-state index in [1.54, 1.807) is 6.20 Å². The molecule has 0 radical (unpaired) electrons. The second-order valence-corrected chi connectivity index (χ2v) is 6.52. The van der Waals surface area contributed by atoms with Crippen LogP contribution in [-0.2, 0) is 0 Å². The molecule has 1 fully saturated rings. The van der Waals surface area contributed by atoms with Gasteiger partial charge in [0.2, 0.25) is 0 Å². The molecule has 100 valence electrons. The van der Waals surface area contributed by atoms with Crippen molar-refractivity contribution in [3.8, 4) is 0 Å². The van der Waals surface area contributed by atoms with Crippen LogP contribution in [0, 0.1) is 0 Å². The van der Waals surface area contributed by atoms with Gasteiger partial charge in [-0.25, -0.2) is 4.68 Å². The van der Waals surface area contributed by atoms with E-state index >= 15 is 0 Å². The van der Waals surface area contributed by atoms with Gasteiger partial charge in [0.1, 0.15) is 5.02 Å². The van der Waals surface area contributed by atoms with Gasteiger partial charge in [0, 0.05) is 11.8 Å². The Morgan fingerprint density at radius 2 is 2.44 bits per heavy atom. The summed E-state index contributed by atoms with van der Waals surface area (Å²) in [6.07, 6.45) is 4.15. The Morgan fingerprint density at radius 1 is 1.67 bits per heavy atom. The first-order valence-corrected chi connectivity index (χ1v) is 7.65. The number of hydrogen-bond acceptors (Lipinski definition) is 4. The molecule has 6 heteroatoms. The lowest BCUT2D eigenvalue weighted by molar-refractivity contribution is 0.503. The fourth-order valence-corrected chi connectivity index (χ4v) is 3.37. The third kappa shape index (κ3) is 3.01. The Morgan fingerprint density at radius 3 is 3.06 bits per heavy atom. The predicted molar refractivity (Wildman–Crippen MR) is 77.9 cm³/mol. The molecule has 4 nitrogen and oxygen atoms in total. The average Bonchev–Trinajstić information content (AvgIpc) is 2.83. The average molecular weight is 288 g/mol. The molecule has 1 aliphatic heterocycles. The lowest BCUT2D eigenvalue weighted by atomic mass is 10.2. The molecule has 1 atom stereocenters. The van der Waals surface area contributed by atoms with Gasteiger partial charge in [-0.3, -0.25) is 4.79 Å². The third-order valence-corrected chi connectivity index (χ3v) is 4.74. The van der Waals surface area contributed by atoms with Gasteiger partial charge < -0.3 is 5.32 Å². The van der Waals surface area contributed by atoms with Crippen molar-refractivity contribution in [2.24, 2.45) is 0 Å². The highest BCUT2D eigenvalue weighted by Crippen LogP contribution is 2.27. The molecule has 0 aliphatic carbocycles. The highest BCUT2D eigenvalue weighted by atomic mass is 35.5. The standard InChI is InChI=1S/C12H18ClN3OS/c1-8(2)16-12(17)11(13)10(7-15-16)14-6-9-4-3-5-18-9/h7-9,14H,3-6H2,1-2H3. The van der Waals surface area contributed by atoms with Crippen LogP contribution < -0.4 is 10.9 Å². The summed E-state index contributed by atoms with van der Waals surface area (Å²) in [4.78, 5) is 12.0. The topological polar surface area (TPSA) is 46.9 Å². The van der Waals surface area contributed by atoms with Gasteiger partial charge in [-0.1, -0.05) is 11.6 Å². The Bertz CT molecular complexity index is 469. The molecule has 0 saturated carbocycles. The quantitative estimate of drug-likeness (QED) is 0.925. The summed E-state index contributed by atoms with van der Waals surface area (Å²) in [5.74, 6) is 1.23. The number of rotatable bonds is 4. The number of halogens is 1. The van der Waals surface area contributed by atoms with Gasteiger partial charge >= 0.3 is 0 Å². The van der Waals surface area contributed by atoms with Crippen LogP contribution in [0.4, 0.5) is 5.69 Å². The summed E-state index contributed by atoms with van der Waals surface area (Å²) in [6, 6.07) is 0.0226. The number of hydrogen-bond donors (Lipinski definition) is 1. The van der Waals surface area contributed by atoms with E-state index in [2.05, 4.69) is 10.4 Å². The second-order valence-electron chi connectivity index (χ2n) is 4.73. The van der Waals surface area contributed by atoms with E-state index in [1.807, 2.05) is 25.6 Å². The minimum Gasteiger partial charge on any atom is -0.381 e. The Hall–Kier alpha value is -0.680. The smallest absolute Gasteiger partial charge is 0.287 e. The summed E-state index contributed by atoms with van der Waals surface area (Å²) >= 11 is 8.06. The largest absolute Gasteiger partial charge is 0.381 e. The zero-order valence-corrected chi connectivity index (χ0v) is 12.2. The van der Waals surface area contributed by atoms with Gasteiger partial charge in [-0.15, -0.1) is 0 Å².